The first-order valence-corrected chi connectivity index (χ1v) is 7.82. The first-order chi connectivity index (χ1) is 11.6. The first kappa shape index (κ1) is 16.2. The Morgan fingerprint density at radius 2 is 2.00 bits per heavy atom. The van der Waals surface area contributed by atoms with Crippen LogP contribution in [0.1, 0.15) is 18.1 Å². The summed E-state index contributed by atoms with van der Waals surface area (Å²) in [4.78, 5) is 12.1. The van der Waals surface area contributed by atoms with Crippen LogP contribution in [0, 0.1) is 0 Å². The van der Waals surface area contributed by atoms with Crippen molar-refractivity contribution in [2.45, 2.75) is 12.5 Å². The molecule has 6 heteroatoms. The normalized spacial score (nSPS) is 11.9. The lowest BCUT2D eigenvalue weighted by Crippen LogP contribution is -2.15. The van der Waals surface area contributed by atoms with E-state index in [0.29, 0.717) is 16.3 Å². The van der Waals surface area contributed by atoms with Crippen molar-refractivity contribution in [2.24, 2.45) is 0 Å². The minimum Gasteiger partial charge on any atom is -0.388 e. The van der Waals surface area contributed by atoms with Crippen LogP contribution in [-0.2, 0) is 4.79 Å². The molecule has 1 aromatic heterocycles. The van der Waals surface area contributed by atoms with E-state index in [-0.39, 0.29) is 12.3 Å². The molecule has 5 nitrogen and oxygen atoms in total. The molecule has 0 radical (unpaired) electrons. The van der Waals surface area contributed by atoms with E-state index >= 15 is 0 Å². The van der Waals surface area contributed by atoms with E-state index in [9.17, 15) is 9.90 Å². The van der Waals surface area contributed by atoms with Gasteiger partial charge in [-0.25, -0.2) is 0 Å². The summed E-state index contributed by atoms with van der Waals surface area (Å²) in [6.45, 7) is 0. The lowest BCUT2D eigenvalue weighted by atomic mass is 10.1. The third kappa shape index (κ3) is 4.01. The molecule has 0 aliphatic heterocycles. The predicted octanol–water partition coefficient (Wildman–Crippen LogP) is 3.79. The van der Waals surface area contributed by atoms with Crippen LogP contribution in [0.5, 0.6) is 0 Å². The van der Waals surface area contributed by atoms with Crippen molar-refractivity contribution in [3.63, 3.8) is 0 Å². The van der Waals surface area contributed by atoms with Gasteiger partial charge in [0.15, 0.2) is 0 Å². The maximum absolute atomic E-state index is 12.1. The fourth-order valence-corrected chi connectivity index (χ4v) is 2.50. The Hall–Kier alpha value is -2.63. The molecule has 1 amide bonds. The number of halogens is 1. The average molecular weight is 342 g/mol. The van der Waals surface area contributed by atoms with Gasteiger partial charge in [0, 0.05) is 22.5 Å². The minimum atomic E-state index is -0.876. The van der Waals surface area contributed by atoms with E-state index in [4.69, 9.17) is 11.6 Å². The maximum Gasteiger partial charge on any atom is 0.227 e. The molecule has 0 spiro atoms. The Kier molecular flexibility index (Phi) is 4.93. The molecule has 3 aromatic rings. The number of aromatic amines is 1. The van der Waals surface area contributed by atoms with E-state index in [1.807, 2.05) is 18.2 Å². The lowest BCUT2D eigenvalue weighted by molar-refractivity contribution is -0.118. The number of carbonyl (C=O) groups is 1. The SMILES string of the molecule is O=C(CC(O)c1ccc(Cl)cc1)Nc1cccc(-c2cn[nH]c2)c1. The number of amides is 1. The molecule has 1 heterocycles. The minimum absolute atomic E-state index is 0.0302. The van der Waals surface area contributed by atoms with Crippen LogP contribution in [0.3, 0.4) is 0 Å². The molecule has 1 unspecified atom stereocenters. The zero-order valence-electron chi connectivity index (χ0n) is 12.7. The van der Waals surface area contributed by atoms with Gasteiger partial charge >= 0.3 is 0 Å². The molecule has 0 saturated heterocycles. The second-order valence-corrected chi connectivity index (χ2v) is 5.82. The van der Waals surface area contributed by atoms with Crippen molar-refractivity contribution in [1.82, 2.24) is 10.2 Å². The number of anilines is 1. The zero-order chi connectivity index (χ0) is 16.9. The van der Waals surface area contributed by atoms with Crippen LogP contribution in [0.15, 0.2) is 60.9 Å². The van der Waals surface area contributed by atoms with Gasteiger partial charge in [-0.15, -0.1) is 0 Å². The van der Waals surface area contributed by atoms with E-state index in [1.165, 1.54) is 0 Å². The number of carbonyl (C=O) groups excluding carboxylic acids is 1. The highest BCUT2D eigenvalue weighted by atomic mass is 35.5. The number of rotatable bonds is 5. The predicted molar refractivity (Wildman–Crippen MR) is 93.7 cm³/mol. The molecule has 2 aromatic carbocycles. The molecule has 0 aliphatic carbocycles. The molecule has 1 atom stereocenters. The van der Waals surface area contributed by atoms with Gasteiger partial charge in [0.2, 0.25) is 5.91 Å². The van der Waals surface area contributed by atoms with Crippen LogP contribution in [0.25, 0.3) is 11.1 Å². The largest absolute Gasteiger partial charge is 0.388 e. The molecular formula is C18H16ClN3O2. The fraction of sp³-hybridized carbons (Fsp3) is 0.111. The van der Waals surface area contributed by atoms with Gasteiger partial charge in [0.1, 0.15) is 0 Å². The van der Waals surface area contributed by atoms with E-state index in [0.717, 1.165) is 11.1 Å². The topological polar surface area (TPSA) is 78.0 Å². The average Bonchev–Trinajstić information content (AvgIpc) is 3.10. The van der Waals surface area contributed by atoms with Gasteiger partial charge in [0.25, 0.3) is 0 Å². The number of nitrogens with zero attached hydrogens (tertiary/aromatic N) is 1. The Morgan fingerprint density at radius 3 is 2.71 bits per heavy atom. The molecule has 0 fully saturated rings. The number of hydrogen-bond acceptors (Lipinski definition) is 3. The highest BCUT2D eigenvalue weighted by molar-refractivity contribution is 6.30. The van der Waals surface area contributed by atoms with Gasteiger partial charge in [-0.2, -0.15) is 5.10 Å². The molecule has 3 N–H and O–H groups in total. The van der Waals surface area contributed by atoms with Gasteiger partial charge in [-0.05, 0) is 35.4 Å². The van der Waals surface area contributed by atoms with Gasteiger partial charge < -0.3 is 10.4 Å². The van der Waals surface area contributed by atoms with E-state index < -0.39 is 6.10 Å². The quantitative estimate of drug-likeness (QED) is 0.660. The smallest absolute Gasteiger partial charge is 0.227 e. The second-order valence-electron chi connectivity index (χ2n) is 5.39. The molecule has 122 valence electrons. The van der Waals surface area contributed by atoms with E-state index in [1.54, 1.807) is 42.7 Å². The number of nitrogens with one attached hydrogen (secondary N) is 2. The number of aliphatic hydroxyl groups is 1. The number of hydrogen-bond donors (Lipinski definition) is 3. The first-order valence-electron chi connectivity index (χ1n) is 7.44. The third-order valence-electron chi connectivity index (χ3n) is 3.61. The Morgan fingerprint density at radius 1 is 1.21 bits per heavy atom. The summed E-state index contributed by atoms with van der Waals surface area (Å²) in [6.07, 6.45) is 2.59. The van der Waals surface area contributed by atoms with Crippen LogP contribution in [0.4, 0.5) is 5.69 Å². The molecule has 0 aliphatic rings. The Labute approximate surface area is 144 Å². The standard InChI is InChI=1S/C18H16ClN3O2/c19-15-6-4-12(5-7-15)17(23)9-18(24)22-16-3-1-2-13(8-16)14-10-20-21-11-14/h1-8,10-11,17,23H,9H2,(H,20,21)(H,22,24). The van der Waals surface area contributed by atoms with Crippen molar-refractivity contribution in [3.8, 4) is 11.1 Å². The molecule has 3 rings (SSSR count). The Balaban J connectivity index is 1.64. The lowest BCUT2D eigenvalue weighted by Gasteiger charge is -2.12. The van der Waals surface area contributed by atoms with Crippen molar-refractivity contribution < 1.29 is 9.90 Å². The number of benzene rings is 2. The third-order valence-corrected chi connectivity index (χ3v) is 3.86. The summed E-state index contributed by atoms with van der Waals surface area (Å²) in [5, 5.41) is 20.2. The van der Waals surface area contributed by atoms with Crippen molar-refractivity contribution >= 4 is 23.2 Å². The molecular weight excluding hydrogens is 326 g/mol. The van der Waals surface area contributed by atoms with Crippen molar-refractivity contribution in [1.29, 1.82) is 0 Å². The Bertz CT molecular complexity index is 817. The highest BCUT2D eigenvalue weighted by Gasteiger charge is 2.13. The van der Waals surface area contributed by atoms with Gasteiger partial charge in [-0.1, -0.05) is 35.9 Å². The second kappa shape index (κ2) is 7.29. The summed E-state index contributed by atoms with van der Waals surface area (Å²) in [7, 11) is 0. The van der Waals surface area contributed by atoms with Crippen LogP contribution >= 0.6 is 11.6 Å². The zero-order valence-corrected chi connectivity index (χ0v) is 13.5. The number of H-pyrrole nitrogens is 1. The molecule has 0 saturated carbocycles. The fourth-order valence-electron chi connectivity index (χ4n) is 2.38. The summed E-state index contributed by atoms with van der Waals surface area (Å²) in [5.74, 6) is -0.262. The van der Waals surface area contributed by atoms with Crippen LogP contribution in [0.2, 0.25) is 5.02 Å². The van der Waals surface area contributed by atoms with Gasteiger partial charge in [0.05, 0.1) is 18.7 Å². The van der Waals surface area contributed by atoms with Crippen molar-refractivity contribution in [3.05, 3.63) is 71.5 Å². The summed E-state index contributed by atoms with van der Waals surface area (Å²) in [6, 6.07) is 14.2. The van der Waals surface area contributed by atoms with Crippen LogP contribution in [-0.4, -0.2) is 21.2 Å². The summed E-state index contributed by atoms with van der Waals surface area (Å²) in [5.41, 5.74) is 3.20. The monoisotopic (exact) mass is 341 g/mol. The number of aromatic nitrogens is 2. The molecule has 24 heavy (non-hydrogen) atoms. The summed E-state index contributed by atoms with van der Waals surface area (Å²) >= 11 is 5.82. The summed E-state index contributed by atoms with van der Waals surface area (Å²) < 4.78 is 0. The van der Waals surface area contributed by atoms with E-state index in [2.05, 4.69) is 15.5 Å². The van der Waals surface area contributed by atoms with Gasteiger partial charge in [-0.3, -0.25) is 9.89 Å². The van der Waals surface area contributed by atoms with Crippen LogP contribution < -0.4 is 5.32 Å². The van der Waals surface area contributed by atoms with Crippen molar-refractivity contribution in [2.75, 3.05) is 5.32 Å². The maximum atomic E-state index is 12.1. The number of aliphatic hydroxyl groups excluding tert-OH is 1. The molecule has 0 bridgehead atoms. The highest BCUT2D eigenvalue weighted by Crippen LogP contribution is 2.23.